The van der Waals surface area contributed by atoms with Crippen LogP contribution < -0.4 is 16.4 Å². The molecule has 11 rings (SSSR count). The Balaban J connectivity index is 1.18. The summed E-state index contributed by atoms with van der Waals surface area (Å²) in [4.78, 5) is 5.46. The summed E-state index contributed by atoms with van der Waals surface area (Å²) in [5.74, 6) is 0. The highest BCUT2D eigenvalue weighted by Crippen LogP contribution is 2.47. The van der Waals surface area contributed by atoms with Crippen molar-refractivity contribution < 1.29 is 0 Å². The number of fused-ring (bicyclic) bond motifs is 6. The fraction of sp³-hybridized carbons (Fsp3) is 0.123. The summed E-state index contributed by atoms with van der Waals surface area (Å²) in [6.45, 7) is 11.9. The van der Waals surface area contributed by atoms with Crippen molar-refractivity contribution in [3.63, 3.8) is 0 Å². The molecule has 0 spiro atoms. The van der Waals surface area contributed by atoms with Crippen LogP contribution in [0.15, 0.2) is 202 Å². The molecule has 60 heavy (non-hydrogen) atoms. The van der Waals surface area contributed by atoms with Crippen LogP contribution in [0.5, 0.6) is 0 Å². The highest BCUT2D eigenvalue weighted by molar-refractivity contribution is 8.01. The van der Waals surface area contributed by atoms with Gasteiger partial charge in [-0.15, -0.1) is 0 Å². The van der Waals surface area contributed by atoms with E-state index in [1.165, 1.54) is 108 Å². The Morgan fingerprint density at radius 3 is 1.48 bits per heavy atom. The van der Waals surface area contributed by atoms with Crippen molar-refractivity contribution in [2.75, 3.05) is 0 Å². The van der Waals surface area contributed by atoms with Crippen molar-refractivity contribution in [3.05, 3.63) is 199 Å². The predicted octanol–water partition coefficient (Wildman–Crippen LogP) is 14.1. The molecule has 9 aromatic carbocycles. The van der Waals surface area contributed by atoms with Gasteiger partial charge in [-0.05, 0) is 113 Å². The van der Waals surface area contributed by atoms with Gasteiger partial charge in [-0.25, -0.2) is 0 Å². The molecule has 2 aliphatic rings. The first-order valence-electron chi connectivity index (χ1n) is 21.1. The molecule has 0 fully saturated rings. The predicted molar refractivity (Wildman–Crippen MR) is 261 cm³/mol. The second kappa shape index (κ2) is 14.2. The molecular weight excluding hydrogens is 760 g/mol. The summed E-state index contributed by atoms with van der Waals surface area (Å²) >= 11 is 3.90. The minimum atomic E-state index is -0.250. The van der Waals surface area contributed by atoms with E-state index in [0.29, 0.717) is 0 Å². The Labute approximate surface area is 363 Å². The smallest absolute Gasteiger partial charge is 0.0911 e. The molecule has 0 nitrogen and oxygen atoms in total. The molecule has 0 saturated carbocycles. The highest BCUT2D eigenvalue weighted by atomic mass is 32.2. The van der Waals surface area contributed by atoms with E-state index in [4.69, 9.17) is 0 Å². The average Bonchev–Trinajstić information content (AvgIpc) is 3.27. The van der Waals surface area contributed by atoms with Crippen LogP contribution in [0.1, 0.15) is 51.3 Å². The van der Waals surface area contributed by atoms with E-state index in [1.807, 2.05) is 23.5 Å². The van der Waals surface area contributed by atoms with Gasteiger partial charge in [-0.3, -0.25) is 0 Å². The summed E-state index contributed by atoms with van der Waals surface area (Å²) in [5, 5.41) is 5.09. The number of rotatable bonds is 5. The second-order valence-corrected chi connectivity index (χ2v) is 20.2. The first-order valence-corrected chi connectivity index (χ1v) is 22.7. The maximum absolute atomic E-state index is 2.50. The van der Waals surface area contributed by atoms with Gasteiger partial charge in [0.25, 0.3) is 0 Å². The molecular formula is C57H45BS2. The Morgan fingerprint density at radius 1 is 0.350 bits per heavy atom. The Morgan fingerprint density at radius 2 is 0.850 bits per heavy atom. The van der Waals surface area contributed by atoms with Gasteiger partial charge in [0.05, 0.1) is 0 Å². The molecule has 2 heterocycles. The maximum Gasteiger partial charge on any atom is 0.247 e. The number of hydrogen-bond acceptors (Lipinski definition) is 2. The summed E-state index contributed by atoms with van der Waals surface area (Å²) in [6, 6.07) is 68.8. The Hall–Kier alpha value is -5.74. The van der Waals surface area contributed by atoms with Gasteiger partial charge in [0, 0.05) is 25.0 Å². The summed E-state index contributed by atoms with van der Waals surface area (Å²) in [7, 11) is 0. The first kappa shape index (κ1) is 37.3. The molecule has 0 saturated heterocycles. The molecule has 0 amide bonds. The van der Waals surface area contributed by atoms with Crippen molar-refractivity contribution >= 4 is 68.2 Å². The van der Waals surface area contributed by atoms with Crippen molar-refractivity contribution in [2.45, 2.75) is 65.0 Å². The van der Waals surface area contributed by atoms with Crippen LogP contribution in [0.3, 0.4) is 0 Å². The normalized spacial score (nSPS) is 13.2. The fourth-order valence-electron chi connectivity index (χ4n) is 9.75. The highest BCUT2D eigenvalue weighted by Gasteiger charge is 2.39. The lowest BCUT2D eigenvalue weighted by Crippen LogP contribution is -2.58. The lowest BCUT2D eigenvalue weighted by Gasteiger charge is -2.34. The fourth-order valence-corrected chi connectivity index (χ4v) is 12.3. The van der Waals surface area contributed by atoms with Crippen molar-refractivity contribution in [3.8, 4) is 33.4 Å². The third kappa shape index (κ3) is 6.08. The molecule has 0 radical (unpaired) electrons. The van der Waals surface area contributed by atoms with Crippen LogP contribution in [0.4, 0.5) is 0 Å². The zero-order valence-corrected chi connectivity index (χ0v) is 36.3. The molecule has 0 aliphatic carbocycles. The van der Waals surface area contributed by atoms with Crippen LogP contribution in [-0.4, -0.2) is 6.71 Å². The van der Waals surface area contributed by atoms with Crippen LogP contribution in [0.25, 0.3) is 54.9 Å². The van der Waals surface area contributed by atoms with Crippen LogP contribution in [0.2, 0.25) is 0 Å². The van der Waals surface area contributed by atoms with Crippen LogP contribution in [0, 0.1) is 0 Å². The minimum Gasteiger partial charge on any atom is -0.0911 e. The molecule has 0 N–H and O–H groups in total. The van der Waals surface area contributed by atoms with Crippen LogP contribution >= 0.6 is 23.5 Å². The third-order valence-electron chi connectivity index (χ3n) is 13.0. The lowest BCUT2D eigenvalue weighted by atomic mass is 9.36. The SMILES string of the molecule is CC(C)(C)c1ccc2c(c1)Sc1cc(-c3cc(-c4c5ccccc5c(-c5ccccc5)c5ccccc45)cc(C(C)(C)c4ccccc4)c3)cc3c1B2c1ccccc1S3. The monoisotopic (exact) mass is 804 g/mol. The van der Waals surface area contributed by atoms with Crippen molar-refractivity contribution in [1.29, 1.82) is 0 Å². The van der Waals surface area contributed by atoms with Crippen LogP contribution in [-0.2, 0) is 10.8 Å². The summed E-state index contributed by atoms with van der Waals surface area (Å²) < 4.78 is 0. The van der Waals surface area contributed by atoms with E-state index < -0.39 is 0 Å². The second-order valence-electron chi connectivity index (χ2n) is 18.1. The molecule has 0 unspecified atom stereocenters. The van der Waals surface area contributed by atoms with Gasteiger partial charge in [-0.1, -0.05) is 221 Å². The largest absolute Gasteiger partial charge is 0.247 e. The number of hydrogen-bond donors (Lipinski definition) is 0. The third-order valence-corrected chi connectivity index (χ3v) is 15.3. The standard InChI is InChI=1S/C57H45BS2/c1-56(2,3)41-28-29-48-50(35-41)60-52-34-38(33-51-55(52)58(48)47-26-16-17-27-49(47)59-51)37-30-39(32-42(31-37)57(4,5)40-20-10-7-11-21-40)54-45-24-14-12-22-43(45)53(36-18-8-6-9-19-36)44-23-13-15-25-46(44)54/h6-35H,1-5H3. The quantitative estimate of drug-likeness (QED) is 0.126. The molecule has 2 aliphatic heterocycles. The maximum atomic E-state index is 2.50. The van der Waals surface area contributed by atoms with Gasteiger partial charge < -0.3 is 0 Å². The summed E-state index contributed by atoms with van der Waals surface area (Å²) in [6.07, 6.45) is 0. The first-order chi connectivity index (χ1) is 29.1. The van der Waals surface area contributed by atoms with Crippen molar-refractivity contribution in [2.24, 2.45) is 0 Å². The molecule has 3 heteroatoms. The average molecular weight is 805 g/mol. The van der Waals surface area contributed by atoms with E-state index in [1.54, 1.807) is 0 Å². The van der Waals surface area contributed by atoms with Gasteiger partial charge in [-0.2, -0.15) is 0 Å². The van der Waals surface area contributed by atoms with Gasteiger partial charge >= 0.3 is 0 Å². The van der Waals surface area contributed by atoms with Gasteiger partial charge in [0.2, 0.25) is 6.71 Å². The summed E-state index contributed by atoms with van der Waals surface area (Å²) in [5.41, 5.74) is 15.7. The minimum absolute atomic E-state index is 0.0687. The van der Waals surface area contributed by atoms with Crippen molar-refractivity contribution in [1.82, 2.24) is 0 Å². The number of benzene rings is 9. The molecule has 0 bridgehead atoms. The Bertz CT molecular complexity index is 3100. The zero-order valence-electron chi connectivity index (χ0n) is 34.7. The molecule has 9 aromatic rings. The molecule has 0 aromatic heterocycles. The van der Waals surface area contributed by atoms with E-state index in [9.17, 15) is 0 Å². The van der Waals surface area contributed by atoms with E-state index in [2.05, 4.69) is 217 Å². The molecule has 288 valence electrons. The van der Waals surface area contributed by atoms with E-state index >= 15 is 0 Å². The van der Waals surface area contributed by atoms with Gasteiger partial charge in [0.15, 0.2) is 0 Å². The molecule has 0 atom stereocenters. The van der Waals surface area contributed by atoms with E-state index in [0.717, 1.165) is 0 Å². The van der Waals surface area contributed by atoms with E-state index in [-0.39, 0.29) is 17.5 Å². The Kier molecular flexibility index (Phi) is 8.82. The lowest BCUT2D eigenvalue weighted by molar-refractivity contribution is 0.589. The van der Waals surface area contributed by atoms with Gasteiger partial charge in [0.1, 0.15) is 0 Å². The topological polar surface area (TPSA) is 0 Å². The zero-order chi connectivity index (χ0) is 40.8.